The molecule has 0 fully saturated rings. The molecule has 1 aliphatic rings. The molecular weight excluding hydrogens is 470 g/mol. The zero-order valence-corrected chi connectivity index (χ0v) is 21.1. The third kappa shape index (κ3) is 4.39. The number of nitrogens with zero attached hydrogens (tertiary/aromatic N) is 3. The van der Waals surface area contributed by atoms with Crippen molar-refractivity contribution in [2.24, 2.45) is 5.92 Å². The largest absolute Gasteiger partial charge is 0.497 e. The van der Waals surface area contributed by atoms with Crippen molar-refractivity contribution in [1.29, 1.82) is 0 Å². The summed E-state index contributed by atoms with van der Waals surface area (Å²) in [6.07, 6.45) is 0.610. The molecule has 0 bridgehead atoms. The van der Waals surface area contributed by atoms with E-state index in [2.05, 4.69) is 0 Å². The van der Waals surface area contributed by atoms with E-state index in [0.717, 1.165) is 16.6 Å². The lowest BCUT2D eigenvalue weighted by molar-refractivity contribution is -0.153. The fourth-order valence-corrected chi connectivity index (χ4v) is 4.99. The number of benzene rings is 3. The number of hydrogen-bond acceptors (Lipinski definition) is 6. The van der Waals surface area contributed by atoms with Crippen molar-refractivity contribution in [2.45, 2.75) is 19.4 Å². The first-order valence-corrected chi connectivity index (χ1v) is 12.3. The van der Waals surface area contributed by atoms with Crippen LogP contribution in [0.3, 0.4) is 0 Å². The second kappa shape index (κ2) is 10.3. The van der Waals surface area contributed by atoms with Crippen molar-refractivity contribution in [1.82, 2.24) is 9.55 Å². The second-order valence-electron chi connectivity index (χ2n) is 8.78. The molecule has 1 aliphatic heterocycles. The van der Waals surface area contributed by atoms with Gasteiger partial charge < -0.3 is 18.8 Å². The van der Waals surface area contributed by atoms with Gasteiger partial charge in [0, 0.05) is 12.1 Å². The summed E-state index contributed by atoms with van der Waals surface area (Å²) in [6, 6.07) is 22.2. The highest BCUT2D eigenvalue weighted by Crippen LogP contribution is 2.44. The van der Waals surface area contributed by atoms with E-state index in [1.165, 1.54) is 0 Å². The number of methoxy groups -OCH3 is 2. The first kappa shape index (κ1) is 24.4. The fourth-order valence-electron chi connectivity index (χ4n) is 4.99. The Labute approximate surface area is 215 Å². The van der Waals surface area contributed by atoms with Gasteiger partial charge >= 0.3 is 5.97 Å². The van der Waals surface area contributed by atoms with Crippen molar-refractivity contribution in [3.8, 4) is 11.5 Å². The molecule has 1 aromatic heterocycles. The van der Waals surface area contributed by atoms with Gasteiger partial charge in [-0.2, -0.15) is 0 Å². The maximum atomic E-state index is 14.1. The van der Waals surface area contributed by atoms with Crippen LogP contribution in [0.25, 0.3) is 11.0 Å². The molecule has 37 heavy (non-hydrogen) atoms. The topological polar surface area (TPSA) is 82.9 Å². The van der Waals surface area contributed by atoms with Crippen LogP contribution < -0.4 is 14.4 Å². The summed E-state index contributed by atoms with van der Waals surface area (Å²) in [5.41, 5.74) is 3.26. The predicted octanol–water partition coefficient (Wildman–Crippen LogP) is 4.41. The Morgan fingerprint density at radius 3 is 2.46 bits per heavy atom. The predicted molar refractivity (Wildman–Crippen MR) is 140 cm³/mol. The third-order valence-electron chi connectivity index (χ3n) is 6.71. The Balaban J connectivity index is 1.73. The molecule has 0 N–H and O–H groups in total. The van der Waals surface area contributed by atoms with E-state index in [9.17, 15) is 9.59 Å². The van der Waals surface area contributed by atoms with Gasteiger partial charge in [-0.1, -0.05) is 42.5 Å². The number of ether oxygens (including phenoxy) is 3. The number of hydrogen-bond donors (Lipinski definition) is 0. The van der Waals surface area contributed by atoms with E-state index >= 15 is 0 Å². The molecule has 0 saturated heterocycles. The van der Waals surface area contributed by atoms with Crippen molar-refractivity contribution in [3.63, 3.8) is 0 Å². The van der Waals surface area contributed by atoms with Gasteiger partial charge in [-0.3, -0.25) is 14.5 Å². The van der Waals surface area contributed by atoms with Crippen molar-refractivity contribution >= 4 is 28.9 Å². The lowest BCUT2D eigenvalue weighted by Crippen LogP contribution is -2.50. The Morgan fingerprint density at radius 1 is 0.973 bits per heavy atom. The van der Waals surface area contributed by atoms with Crippen LogP contribution in [-0.4, -0.2) is 48.8 Å². The molecule has 4 aromatic rings. The van der Waals surface area contributed by atoms with Crippen LogP contribution in [0.4, 0.5) is 5.95 Å². The molecule has 2 heterocycles. The minimum atomic E-state index is -1.14. The SMILES string of the molecule is CCOC(=O)[C@@H]1C(=O)N(CCc2ccccc2)c2nc3ccccc3n2[C@@H]1c1cc(OC)ccc1OC. The van der Waals surface area contributed by atoms with Gasteiger partial charge in [-0.05, 0) is 49.2 Å². The number of carbonyl (C=O) groups excluding carboxylic acids is 2. The highest BCUT2D eigenvalue weighted by Gasteiger charge is 2.48. The normalized spacial score (nSPS) is 16.9. The van der Waals surface area contributed by atoms with Crippen LogP contribution in [0.1, 0.15) is 24.1 Å². The van der Waals surface area contributed by atoms with Gasteiger partial charge in [0.1, 0.15) is 11.5 Å². The maximum Gasteiger partial charge on any atom is 0.321 e. The van der Waals surface area contributed by atoms with Crippen molar-refractivity contribution in [2.75, 3.05) is 32.3 Å². The molecule has 8 nitrogen and oxygen atoms in total. The van der Waals surface area contributed by atoms with Gasteiger partial charge in [0.25, 0.3) is 0 Å². The maximum absolute atomic E-state index is 14.1. The third-order valence-corrected chi connectivity index (χ3v) is 6.71. The first-order valence-electron chi connectivity index (χ1n) is 12.3. The van der Waals surface area contributed by atoms with Crippen LogP contribution in [0.15, 0.2) is 72.8 Å². The molecule has 5 rings (SSSR count). The number of rotatable bonds is 8. The van der Waals surface area contributed by atoms with E-state index in [-0.39, 0.29) is 12.5 Å². The molecule has 0 saturated carbocycles. The van der Waals surface area contributed by atoms with E-state index in [1.807, 2.05) is 59.2 Å². The number of para-hydroxylation sites is 2. The smallest absolute Gasteiger partial charge is 0.321 e. The number of imidazole rings is 1. The van der Waals surface area contributed by atoms with Crippen LogP contribution in [0.2, 0.25) is 0 Å². The van der Waals surface area contributed by atoms with Gasteiger partial charge in [-0.15, -0.1) is 0 Å². The molecule has 190 valence electrons. The van der Waals surface area contributed by atoms with Crippen molar-refractivity contribution < 1.29 is 23.8 Å². The van der Waals surface area contributed by atoms with Crippen LogP contribution in [0, 0.1) is 5.92 Å². The average molecular weight is 500 g/mol. The highest BCUT2D eigenvalue weighted by molar-refractivity contribution is 6.08. The van der Waals surface area contributed by atoms with E-state index in [0.29, 0.717) is 36.0 Å². The Kier molecular flexibility index (Phi) is 6.81. The average Bonchev–Trinajstić information content (AvgIpc) is 3.31. The summed E-state index contributed by atoms with van der Waals surface area (Å²) in [5.74, 6) is -0.473. The van der Waals surface area contributed by atoms with E-state index < -0.39 is 17.9 Å². The van der Waals surface area contributed by atoms with Gasteiger partial charge in [0.15, 0.2) is 5.92 Å². The Bertz CT molecular complexity index is 1430. The lowest BCUT2D eigenvalue weighted by Gasteiger charge is -2.38. The van der Waals surface area contributed by atoms with E-state index in [1.54, 1.807) is 44.2 Å². The van der Waals surface area contributed by atoms with Gasteiger partial charge in [-0.25, -0.2) is 4.98 Å². The quantitative estimate of drug-likeness (QED) is 0.264. The molecular formula is C29H29N3O5. The van der Waals surface area contributed by atoms with Gasteiger partial charge in [0.2, 0.25) is 11.9 Å². The van der Waals surface area contributed by atoms with E-state index in [4.69, 9.17) is 19.2 Å². The minimum Gasteiger partial charge on any atom is -0.497 e. The molecule has 8 heteroatoms. The second-order valence-corrected chi connectivity index (χ2v) is 8.78. The molecule has 0 unspecified atom stereocenters. The Hall–Kier alpha value is -4.33. The summed E-state index contributed by atoms with van der Waals surface area (Å²) in [7, 11) is 3.14. The standard InChI is InChI=1S/C29H29N3O5/c1-4-37-28(34)25-26(21-18-20(35-2)14-15-24(21)36-3)32-23-13-9-8-12-22(23)30-29(32)31(27(25)33)17-16-19-10-6-5-7-11-19/h5-15,18,25-26H,4,16-17H2,1-3H3/t25-,26+/m0/s1. The minimum absolute atomic E-state index is 0.159. The zero-order valence-electron chi connectivity index (χ0n) is 21.1. The number of esters is 1. The van der Waals surface area contributed by atoms with Crippen LogP contribution >= 0.6 is 0 Å². The number of fused-ring (bicyclic) bond motifs is 3. The first-order chi connectivity index (χ1) is 18.1. The highest BCUT2D eigenvalue weighted by atomic mass is 16.5. The molecule has 1 amide bonds. The lowest BCUT2D eigenvalue weighted by atomic mass is 9.88. The molecule has 0 aliphatic carbocycles. The molecule has 3 aromatic carbocycles. The monoisotopic (exact) mass is 499 g/mol. The number of carbonyl (C=O) groups is 2. The zero-order chi connectivity index (χ0) is 25.9. The molecule has 0 radical (unpaired) electrons. The summed E-state index contributed by atoms with van der Waals surface area (Å²) in [5, 5.41) is 0. The van der Waals surface area contributed by atoms with Crippen molar-refractivity contribution in [3.05, 3.63) is 83.9 Å². The Morgan fingerprint density at radius 2 is 1.73 bits per heavy atom. The number of aromatic nitrogens is 2. The summed E-state index contributed by atoms with van der Waals surface area (Å²) < 4.78 is 18.6. The molecule has 0 spiro atoms. The fraction of sp³-hybridized carbons (Fsp3) is 0.276. The number of amides is 1. The summed E-state index contributed by atoms with van der Waals surface area (Å²) >= 11 is 0. The molecule has 2 atom stereocenters. The summed E-state index contributed by atoms with van der Waals surface area (Å²) in [6.45, 7) is 2.26. The van der Waals surface area contributed by atoms with Crippen LogP contribution in [-0.2, 0) is 20.7 Å². The number of anilines is 1. The van der Waals surface area contributed by atoms with Gasteiger partial charge in [0.05, 0.1) is 37.9 Å². The summed E-state index contributed by atoms with van der Waals surface area (Å²) in [4.78, 5) is 34.1. The van der Waals surface area contributed by atoms with Crippen LogP contribution in [0.5, 0.6) is 11.5 Å².